The molecule has 29 heavy (non-hydrogen) atoms. The monoisotopic (exact) mass is 395 g/mol. The summed E-state index contributed by atoms with van der Waals surface area (Å²) >= 11 is 0. The predicted octanol–water partition coefficient (Wildman–Crippen LogP) is 3.66. The fraction of sp³-hybridized carbons (Fsp3) is 0.227. The molecule has 2 heterocycles. The number of aromatic nitrogens is 2. The Hall–Kier alpha value is -3.48. The van der Waals surface area contributed by atoms with E-state index in [-0.39, 0.29) is 12.5 Å². The number of amides is 1. The van der Waals surface area contributed by atoms with Gasteiger partial charge in [0.15, 0.2) is 0 Å². The Balaban J connectivity index is 1.63. The number of nitrogens with zero attached hydrogens (tertiary/aromatic N) is 2. The van der Waals surface area contributed by atoms with E-state index in [0.29, 0.717) is 30.0 Å². The van der Waals surface area contributed by atoms with Crippen LogP contribution in [0.25, 0.3) is 11.1 Å². The van der Waals surface area contributed by atoms with E-state index < -0.39 is 5.95 Å². The normalized spacial score (nSPS) is 10.4. The maximum absolute atomic E-state index is 13.8. The molecule has 150 valence electrons. The van der Waals surface area contributed by atoms with Crippen molar-refractivity contribution in [2.75, 3.05) is 20.3 Å². The Labute approximate surface area is 168 Å². The third-order valence-corrected chi connectivity index (χ3v) is 4.29. The van der Waals surface area contributed by atoms with Gasteiger partial charge in [0.05, 0.1) is 19.9 Å². The largest absolute Gasteiger partial charge is 0.495 e. The lowest BCUT2D eigenvalue weighted by atomic mass is 10.1. The van der Waals surface area contributed by atoms with E-state index in [1.165, 1.54) is 13.3 Å². The molecule has 0 aliphatic carbocycles. The Morgan fingerprint density at radius 2 is 1.86 bits per heavy atom. The first-order chi connectivity index (χ1) is 14.1. The van der Waals surface area contributed by atoms with Gasteiger partial charge in [0.1, 0.15) is 17.2 Å². The number of carbonyl (C=O) groups is 1. The smallest absolute Gasteiger partial charge is 0.269 e. The van der Waals surface area contributed by atoms with Crippen LogP contribution >= 0.6 is 0 Å². The summed E-state index contributed by atoms with van der Waals surface area (Å²) in [6.07, 6.45) is 3.19. The SMILES string of the molecule is CCOc1ccc(-c2ccnc(C(=O)NCCc3cc(OC)cnc3F)c2)cc1. The minimum atomic E-state index is -0.573. The first kappa shape index (κ1) is 20.3. The van der Waals surface area contributed by atoms with Gasteiger partial charge >= 0.3 is 0 Å². The van der Waals surface area contributed by atoms with Crippen LogP contribution in [0.1, 0.15) is 23.0 Å². The van der Waals surface area contributed by atoms with Gasteiger partial charge in [-0.2, -0.15) is 4.39 Å². The van der Waals surface area contributed by atoms with Crippen molar-refractivity contribution in [1.82, 2.24) is 15.3 Å². The number of methoxy groups -OCH3 is 1. The van der Waals surface area contributed by atoms with E-state index in [0.717, 1.165) is 16.9 Å². The predicted molar refractivity (Wildman–Crippen MR) is 108 cm³/mol. The van der Waals surface area contributed by atoms with Crippen molar-refractivity contribution >= 4 is 5.91 Å². The molecule has 7 heteroatoms. The van der Waals surface area contributed by atoms with Crippen molar-refractivity contribution in [3.63, 3.8) is 0 Å². The molecule has 0 spiro atoms. The van der Waals surface area contributed by atoms with Gasteiger partial charge in [-0.15, -0.1) is 0 Å². The van der Waals surface area contributed by atoms with Crippen LogP contribution in [0.5, 0.6) is 11.5 Å². The Morgan fingerprint density at radius 3 is 2.59 bits per heavy atom. The summed E-state index contributed by atoms with van der Waals surface area (Å²) in [5.41, 5.74) is 2.49. The van der Waals surface area contributed by atoms with Crippen LogP contribution in [0.15, 0.2) is 54.9 Å². The van der Waals surface area contributed by atoms with E-state index in [4.69, 9.17) is 9.47 Å². The van der Waals surface area contributed by atoms with Crippen LogP contribution in [0.3, 0.4) is 0 Å². The van der Waals surface area contributed by atoms with E-state index >= 15 is 0 Å². The van der Waals surface area contributed by atoms with Crippen LogP contribution in [0.2, 0.25) is 0 Å². The zero-order chi connectivity index (χ0) is 20.6. The van der Waals surface area contributed by atoms with Gasteiger partial charge in [-0.25, -0.2) is 4.98 Å². The third-order valence-electron chi connectivity index (χ3n) is 4.29. The Bertz CT molecular complexity index is 977. The Kier molecular flexibility index (Phi) is 6.73. The average molecular weight is 395 g/mol. The highest BCUT2D eigenvalue weighted by Crippen LogP contribution is 2.22. The van der Waals surface area contributed by atoms with Gasteiger partial charge in [-0.1, -0.05) is 12.1 Å². The molecule has 1 N–H and O–H groups in total. The number of carbonyl (C=O) groups excluding carboxylic acids is 1. The van der Waals surface area contributed by atoms with Crippen molar-refractivity contribution < 1.29 is 18.7 Å². The lowest BCUT2D eigenvalue weighted by Crippen LogP contribution is -2.26. The zero-order valence-electron chi connectivity index (χ0n) is 16.3. The highest BCUT2D eigenvalue weighted by molar-refractivity contribution is 5.93. The number of hydrogen-bond donors (Lipinski definition) is 1. The molecule has 0 unspecified atom stereocenters. The van der Waals surface area contributed by atoms with E-state index in [1.807, 2.05) is 37.3 Å². The van der Waals surface area contributed by atoms with Crippen LogP contribution in [-0.4, -0.2) is 36.1 Å². The molecule has 6 nitrogen and oxygen atoms in total. The van der Waals surface area contributed by atoms with Gasteiger partial charge in [0.25, 0.3) is 5.91 Å². The number of nitrogens with one attached hydrogen (secondary N) is 1. The molecule has 0 bridgehead atoms. The molecule has 3 aromatic rings. The minimum absolute atomic E-state index is 0.250. The molecular formula is C22H22FN3O3. The van der Waals surface area contributed by atoms with Crippen molar-refractivity contribution in [2.45, 2.75) is 13.3 Å². The maximum atomic E-state index is 13.8. The number of ether oxygens (including phenoxy) is 2. The fourth-order valence-electron chi connectivity index (χ4n) is 2.80. The van der Waals surface area contributed by atoms with Crippen LogP contribution < -0.4 is 14.8 Å². The van der Waals surface area contributed by atoms with Gasteiger partial charge in [-0.3, -0.25) is 9.78 Å². The molecule has 2 aromatic heterocycles. The van der Waals surface area contributed by atoms with Gasteiger partial charge in [0.2, 0.25) is 5.95 Å². The Morgan fingerprint density at radius 1 is 1.07 bits per heavy atom. The zero-order valence-corrected chi connectivity index (χ0v) is 16.3. The van der Waals surface area contributed by atoms with Crippen molar-refractivity contribution in [3.8, 4) is 22.6 Å². The van der Waals surface area contributed by atoms with E-state index in [1.54, 1.807) is 18.3 Å². The molecule has 0 saturated heterocycles. The summed E-state index contributed by atoms with van der Waals surface area (Å²) in [6, 6.07) is 12.8. The highest BCUT2D eigenvalue weighted by Gasteiger charge is 2.10. The van der Waals surface area contributed by atoms with Crippen molar-refractivity contribution in [2.24, 2.45) is 0 Å². The van der Waals surface area contributed by atoms with Crippen molar-refractivity contribution in [1.29, 1.82) is 0 Å². The molecule has 1 amide bonds. The number of halogens is 1. The minimum Gasteiger partial charge on any atom is -0.495 e. The molecule has 0 saturated carbocycles. The van der Waals surface area contributed by atoms with Crippen LogP contribution in [0.4, 0.5) is 4.39 Å². The lowest BCUT2D eigenvalue weighted by molar-refractivity contribution is 0.0949. The average Bonchev–Trinajstić information content (AvgIpc) is 2.76. The summed E-state index contributed by atoms with van der Waals surface area (Å²) in [6.45, 7) is 2.79. The van der Waals surface area contributed by atoms with Crippen molar-refractivity contribution in [3.05, 3.63) is 72.1 Å². The fourth-order valence-corrected chi connectivity index (χ4v) is 2.80. The molecule has 0 radical (unpaired) electrons. The van der Waals surface area contributed by atoms with Crippen LogP contribution in [-0.2, 0) is 6.42 Å². The van der Waals surface area contributed by atoms with Crippen LogP contribution in [0, 0.1) is 5.95 Å². The molecule has 0 aliphatic heterocycles. The molecular weight excluding hydrogens is 373 g/mol. The topological polar surface area (TPSA) is 73.3 Å². The van der Waals surface area contributed by atoms with Gasteiger partial charge in [0, 0.05) is 18.3 Å². The van der Waals surface area contributed by atoms with E-state index in [2.05, 4.69) is 15.3 Å². The number of hydrogen-bond acceptors (Lipinski definition) is 5. The molecule has 0 aliphatic rings. The standard InChI is InChI=1S/C22H22FN3O3/c1-3-29-18-6-4-15(5-7-18)16-8-10-24-20(13-16)22(27)25-11-9-17-12-19(28-2)14-26-21(17)23/h4-8,10,12-14H,3,9,11H2,1-2H3,(H,25,27). The molecule has 0 atom stereocenters. The molecule has 1 aromatic carbocycles. The number of rotatable bonds is 8. The number of pyridine rings is 2. The number of benzene rings is 1. The van der Waals surface area contributed by atoms with E-state index in [9.17, 15) is 9.18 Å². The summed E-state index contributed by atoms with van der Waals surface area (Å²) in [7, 11) is 1.49. The molecule has 0 fully saturated rings. The summed E-state index contributed by atoms with van der Waals surface area (Å²) < 4.78 is 24.3. The first-order valence-corrected chi connectivity index (χ1v) is 9.26. The lowest BCUT2D eigenvalue weighted by Gasteiger charge is -2.09. The maximum Gasteiger partial charge on any atom is 0.269 e. The van der Waals surface area contributed by atoms with Gasteiger partial charge in [-0.05, 0) is 54.8 Å². The first-order valence-electron chi connectivity index (χ1n) is 9.26. The summed E-state index contributed by atoms with van der Waals surface area (Å²) in [5, 5.41) is 2.76. The van der Waals surface area contributed by atoms with Gasteiger partial charge < -0.3 is 14.8 Å². The highest BCUT2D eigenvalue weighted by atomic mass is 19.1. The second-order valence-electron chi connectivity index (χ2n) is 6.22. The third kappa shape index (κ3) is 5.28. The quantitative estimate of drug-likeness (QED) is 0.589. The summed E-state index contributed by atoms with van der Waals surface area (Å²) in [4.78, 5) is 20.2. The summed E-state index contributed by atoms with van der Waals surface area (Å²) in [5.74, 6) is 0.365. The molecule has 3 rings (SSSR count). The second-order valence-corrected chi connectivity index (χ2v) is 6.22. The second kappa shape index (κ2) is 9.64.